The summed E-state index contributed by atoms with van der Waals surface area (Å²) in [6, 6.07) is 16.0. The molecule has 5 heterocycles. The Morgan fingerprint density at radius 1 is 0.698 bits per heavy atom. The Kier molecular flexibility index (Phi) is 7.27. The molecular formula is C30H18CoN4O8+2. The van der Waals surface area contributed by atoms with Crippen molar-refractivity contribution >= 4 is 69.9 Å². The summed E-state index contributed by atoms with van der Waals surface area (Å²) >= 11 is 0. The van der Waals surface area contributed by atoms with E-state index in [9.17, 15) is 39.6 Å². The molecule has 5 N–H and O–H groups in total. The van der Waals surface area contributed by atoms with Crippen LogP contribution in [0.4, 0.5) is 4.79 Å². The van der Waals surface area contributed by atoms with E-state index in [2.05, 4.69) is 15.0 Å². The van der Waals surface area contributed by atoms with Crippen molar-refractivity contribution in [3.8, 4) is 11.1 Å². The summed E-state index contributed by atoms with van der Waals surface area (Å²) < 4.78 is 0.527. The third-order valence-electron chi connectivity index (χ3n) is 6.69. The van der Waals surface area contributed by atoms with Crippen molar-refractivity contribution in [2.75, 3.05) is 0 Å². The van der Waals surface area contributed by atoms with Gasteiger partial charge in [-0.05, 0) is 54.1 Å². The van der Waals surface area contributed by atoms with Gasteiger partial charge in [0.05, 0.1) is 44.9 Å². The topological polar surface area (TPSA) is 196 Å². The van der Waals surface area contributed by atoms with E-state index in [1.54, 1.807) is 60.7 Å². The fraction of sp³-hybridized carbons (Fsp3) is 0. The first-order valence-electron chi connectivity index (χ1n) is 12.3. The summed E-state index contributed by atoms with van der Waals surface area (Å²) in [5.74, 6) is -4.95. The number of carboxylic acids is 3. The summed E-state index contributed by atoms with van der Waals surface area (Å²) in [6.07, 6.45) is 2.71. The van der Waals surface area contributed by atoms with E-state index in [1.807, 2.05) is 0 Å². The molecule has 0 amide bonds. The maximum Gasteiger partial charge on any atom is 2.00 e. The smallest absolute Gasteiger partial charge is 0.478 e. The van der Waals surface area contributed by atoms with Gasteiger partial charge in [0.2, 0.25) is 0 Å². The standard InChI is InChI=1S/C30H18N4O8.Co/c35-27(36)20-12-19-11-17-7-6-15(31-17)10-16-8-9-18(32-16)13-21-22(14-4-2-1-3-5-14)23(28(37)38)26(34(21)30(41)42)24(29(39)40)25(20)33-19;/h1-13,31H,(H,35,36)(H,37,38)(H,39,40)(H,41,42);/q;+2. The number of aromatic nitrogens is 4. The van der Waals surface area contributed by atoms with E-state index in [-0.39, 0.29) is 44.8 Å². The van der Waals surface area contributed by atoms with Gasteiger partial charge in [-0.2, -0.15) is 0 Å². The first-order chi connectivity index (χ1) is 20.1. The molecule has 4 aromatic rings. The number of hydrogen-bond acceptors (Lipinski definition) is 6. The van der Waals surface area contributed by atoms with Gasteiger partial charge in [0, 0.05) is 16.6 Å². The first-order valence-corrected chi connectivity index (χ1v) is 12.3. The predicted molar refractivity (Wildman–Crippen MR) is 152 cm³/mol. The van der Waals surface area contributed by atoms with Crippen LogP contribution in [0.25, 0.3) is 57.0 Å². The van der Waals surface area contributed by atoms with Crippen molar-refractivity contribution in [3.05, 3.63) is 94.6 Å². The number of aromatic amines is 1. The van der Waals surface area contributed by atoms with E-state index in [0.29, 0.717) is 21.3 Å². The van der Waals surface area contributed by atoms with Crippen molar-refractivity contribution in [1.29, 1.82) is 0 Å². The summed E-state index contributed by atoms with van der Waals surface area (Å²) in [5.41, 5.74) is -1.49. The third kappa shape index (κ3) is 4.98. The zero-order valence-corrected chi connectivity index (χ0v) is 22.6. The number of nitrogens with zero attached hydrogens (tertiary/aromatic N) is 3. The Hall–Kier alpha value is -5.79. The molecule has 0 fully saturated rings. The van der Waals surface area contributed by atoms with E-state index in [0.717, 1.165) is 6.08 Å². The molecule has 8 bridgehead atoms. The van der Waals surface area contributed by atoms with Crippen LogP contribution in [0.15, 0.2) is 60.7 Å². The summed E-state index contributed by atoms with van der Waals surface area (Å²) in [6.45, 7) is 0. The molecule has 0 saturated heterocycles. The summed E-state index contributed by atoms with van der Waals surface area (Å²) in [5, 5.41) is 41.3. The zero-order valence-electron chi connectivity index (χ0n) is 21.6. The van der Waals surface area contributed by atoms with Crippen LogP contribution in [0.3, 0.4) is 0 Å². The second kappa shape index (κ2) is 10.9. The van der Waals surface area contributed by atoms with Gasteiger partial charge in [0.15, 0.2) is 0 Å². The van der Waals surface area contributed by atoms with Crippen LogP contribution < -0.4 is 0 Å². The number of benzene rings is 1. The predicted octanol–water partition coefficient (Wildman–Crippen LogP) is 5.17. The van der Waals surface area contributed by atoms with E-state index < -0.39 is 51.9 Å². The van der Waals surface area contributed by atoms with Gasteiger partial charge in [-0.3, -0.25) is 0 Å². The van der Waals surface area contributed by atoms with E-state index in [1.165, 1.54) is 12.1 Å². The molecule has 43 heavy (non-hydrogen) atoms. The maximum absolute atomic E-state index is 12.9. The number of aliphatic carboxylic acids is 1. The Morgan fingerprint density at radius 3 is 1.88 bits per heavy atom. The second-order valence-corrected chi connectivity index (χ2v) is 9.30. The van der Waals surface area contributed by atoms with Gasteiger partial charge in [-0.25, -0.2) is 33.7 Å². The molecular weight excluding hydrogens is 603 g/mol. The number of carboxylic acid groups (broad SMARTS) is 4. The quantitative estimate of drug-likeness (QED) is 0.179. The molecule has 3 aromatic heterocycles. The minimum Gasteiger partial charge on any atom is -0.478 e. The van der Waals surface area contributed by atoms with Gasteiger partial charge in [0.1, 0.15) is 5.56 Å². The first kappa shape index (κ1) is 28.7. The molecule has 6 rings (SSSR count). The number of rotatable bonds is 4. The number of nitrogens with one attached hydrogen (secondary N) is 1. The van der Waals surface area contributed by atoms with Gasteiger partial charge >= 0.3 is 40.8 Å². The number of hydrogen-bond donors (Lipinski definition) is 5. The SMILES string of the molecule is O=C(O)C1=Cc2cc3ccc(cc4nc(cc5c(-c6ccccc6)c(C(=O)O)c(c(C(=O)O)c1n2)n5C(=O)O)C=C4)[nH]3.[Co+2]. The maximum atomic E-state index is 12.9. The largest absolute Gasteiger partial charge is 2.00 e. The van der Waals surface area contributed by atoms with Crippen LogP contribution >= 0.6 is 0 Å². The fourth-order valence-corrected chi connectivity index (χ4v) is 5.06. The molecule has 0 spiro atoms. The van der Waals surface area contributed by atoms with Crippen molar-refractivity contribution in [3.63, 3.8) is 0 Å². The Bertz CT molecular complexity index is 2110. The molecule has 0 unspecified atom stereocenters. The number of H-pyrrole nitrogens is 1. The van der Waals surface area contributed by atoms with Crippen molar-refractivity contribution in [1.82, 2.24) is 19.5 Å². The van der Waals surface area contributed by atoms with Crippen molar-refractivity contribution < 1.29 is 56.4 Å². The number of carbonyl (C=O) groups is 4. The fourth-order valence-electron chi connectivity index (χ4n) is 5.06. The molecule has 13 heteroatoms. The van der Waals surface area contributed by atoms with E-state index in [4.69, 9.17) is 0 Å². The van der Waals surface area contributed by atoms with Crippen LogP contribution in [0, 0.1) is 0 Å². The van der Waals surface area contributed by atoms with Crippen LogP contribution in [-0.2, 0) is 21.6 Å². The van der Waals surface area contributed by atoms with Gasteiger partial charge in [0.25, 0.3) is 0 Å². The second-order valence-electron chi connectivity index (χ2n) is 9.30. The Morgan fingerprint density at radius 2 is 1.30 bits per heavy atom. The van der Waals surface area contributed by atoms with Crippen LogP contribution in [-0.4, -0.2) is 63.9 Å². The monoisotopic (exact) mass is 621 g/mol. The average Bonchev–Trinajstić information content (AvgIpc) is 3.71. The van der Waals surface area contributed by atoms with Gasteiger partial charge in [-0.1, -0.05) is 30.3 Å². The van der Waals surface area contributed by atoms with E-state index >= 15 is 0 Å². The average molecular weight is 621 g/mol. The van der Waals surface area contributed by atoms with Crippen LogP contribution in [0.2, 0.25) is 0 Å². The van der Waals surface area contributed by atoms with Crippen molar-refractivity contribution in [2.24, 2.45) is 0 Å². The number of aromatic carboxylic acids is 2. The summed E-state index contributed by atoms with van der Waals surface area (Å²) in [7, 11) is 0. The molecule has 2 aliphatic rings. The number of fused-ring (bicyclic) bond motifs is 8. The van der Waals surface area contributed by atoms with Crippen LogP contribution in [0.5, 0.6) is 0 Å². The Balaban J connectivity index is 0.00000368. The molecule has 213 valence electrons. The minimum atomic E-state index is -1.78. The molecule has 0 atom stereocenters. The third-order valence-corrected chi connectivity index (χ3v) is 6.69. The van der Waals surface area contributed by atoms with Gasteiger partial charge < -0.3 is 25.4 Å². The Labute approximate surface area is 251 Å². The normalized spacial score (nSPS) is 11.9. The molecule has 2 aliphatic heterocycles. The molecule has 12 nitrogen and oxygen atoms in total. The summed E-state index contributed by atoms with van der Waals surface area (Å²) in [4.78, 5) is 62.7. The van der Waals surface area contributed by atoms with Gasteiger partial charge in [-0.15, -0.1) is 0 Å². The molecule has 0 saturated carbocycles. The zero-order chi connectivity index (χ0) is 29.7. The van der Waals surface area contributed by atoms with Crippen molar-refractivity contribution in [2.45, 2.75) is 0 Å². The molecule has 1 radical (unpaired) electrons. The molecule has 1 aromatic carbocycles. The minimum absolute atomic E-state index is 0. The molecule has 0 aliphatic carbocycles. The van der Waals surface area contributed by atoms with Crippen LogP contribution in [0.1, 0.15) is 43.5 Å².